The fourth-order valence-electron chi connectivity index (χ4n) is 6.27. The minimum Gasteiger partial charge on any atom is -0.504 e. The van der Waals surface area contributed by atoms with Crippen molar-refractivity contribution in [2.24, 2.45) is 0 Å². The van der Waals surface area contributed by atoms with Crippen molar-refractivity contribution < 1.29 is 71.8 Å². The van der Waals surface area contributed by atoms with E-state index in [1.165, 1.54) is 99.8 Å². The van der Waals surface area contributed by atoms with Crippen LogP contribution in [0.25, 0.3) is 6.08 Å². The molecule has 4 amide bonds. The Balaban J connectivity index is 1.02. The van der Waals surface area contributed by atoms with E-state index >= 15 is 0 Å². The lowest BCUT2D eigenvalue weighted by Gasteiger charge is -2.25. The lowest BCUT2D eigenvalue weighted by molar-refractivity contribution is -0.286. The number of carboxylic acids is 1. The third-order valence-corrected chi connectivity index (χ3v) is 9.68. The summed E-state index contributed by atoms with van der Waals surface area (Å²) >= 11 is 0. The molecule has 8 N–H and O–H groups in total. The van der Waals surface area contributed by atoms with Crippen molar-refractivity contribution in [3.05, 3.63) is 124 Å². The van der Waals surface area contributed by atoms with Crippen molar-refractivity contribution in [1.82, 2.24) is 5.32 Å². The van der Waals surface area contributed by atoms with E-state index in [4.69, 9.17) is 9.47 Å². The number of methoxy groups -OCH3 is 2. The molecule has 1 heterocycles. The number of nitrogens with one attached hydrogen (secondary N) is 5. The lowest BCUT2D eigenvalue weighted by atomic mass is 10.0. The maximum absolute atomic E-state index is 13.4. The zero-order valence-corrected chi connectivity index (χ0v) is 34.7. The van der Waals surface area contributed by atoms with Gasteiger partial charge in [-0.25, -0.2) is 4.79 Å². The lowest BCUT2D eigenvalue weighted by Crippen LogP contribution is -2.52. The first-order valence-corrected chi connectivity index (χ1v) is 19.1. The van der Waals surface area contributed by atoms with Gasteiger partial charge in [-0.2, -0.15) is 0 Å². The molecule has 0 bridgehead atoms. The first kappa shape index (κ1) is 45.8. The topological polar surface area (TPSA) is 260 Å². The number of aromatic hydroxyl groups is 2. The number of carbonyl (C=O) groups excluding carboxylic acids is 5. The van der Waals surface area contributed by atoms with Crippen LogP contribution in [0, 0.1) is 0 Å². The van der Waals surface area contributed by atoms with Gasteiger partial charge < -0.3 is 65.6 Å². The van der Waals surface area contributed by atoms with Crippen LogP contribution in [-0.2, 0) is 9.59 Å². The normalized spacial score (nSPS) is 13.4. The monoisotopic (exact) mass is 895 g/mol. The number of aldehydes is 1. The molecular weight excluding hydrogens is 857 g/mol. The van der Waals surface area contributed by atoms with Gasteiger partial charge in [-0.15, -0.1) is 8.78 Å². The van der Waals surface area contributed by atoms with Gasteiger partial charge >= 0.3 is 12.3 Å². The Bertz CT molecular complexity index is 2740. The highest BCUT2D eigenvalue weighted by atomic mass is 19.3. The van der Waals surface area contributed by atoms with Gasteiger partial charge in [0.05, 0.1) is 31.2 Å². The van der Waals surface area contributed by atoms with Crippen molar-refractivity contribution in [1.29, 1.82) is 0 Å². The number of phenolic OH excluding ortho intramolecular Hbond substituents is 1. The molecule has 1 atom stereocenters. The van der Waals surface area contributed by atoms with Crippen LogP contribution in [0.4, 0.5) is 31.5 Å². The summed E-state index contributed by atoms with van der Waals surface area (Å²) in [6.07, 6.45) is -1.74. The molecule has 20 heteroatoms. The second-order valence-corrected chi connectivity index (χ2v) is 14.5. The molecule has 0 saturated heterocycles. The molecule has 5 aromatic carbocycles. The molecule has 5 aromatic rings. The van der Waals surface area contributed by atoms with E-state index in [1.54, 1.807) is 12.1 Å². The smallest absolute Gasteiger partial charge is 0.504 e. The highest BCUT2D eigenvalue weighted by Gasteiger charge is 2.43. The molecule has 6 rings (SSSR count). The molecular formula is C45H39F2N5O13. The fourth-order valence-corrected chi connectivity index (χ4v) is 6.27. The predicted molar refractivity (Wildman–Crippen MR) is 230 cm³/mol. The van der Waals surface area contributed by atoms with Gasteiger partial charge in [0.25, 0.3) is 23.6 Å². The third-order valence-electron chi connectivity index (χ3n) is 9.68. The van der Waals surface area contributed by atoms with Gasteiger partial charge in [-0.05, 0) is 110 Å². The van der Waals surface area contributed by atoms with Gasteiger partial charge in [0.1, 0.15) is 17.4 Å². The van der Waals surface area contributed by atoms with Crippen LogP contribution in [-0.4, -0.2) is 83.8 Å². The molecule has 1 aliphatic rings. The Morgan fingerprint density at radius 3 is 1.83 bits per heavy atom. The Hall–Kier alpha value is -8.68. The molecule has 336 valence electrons. The number of phenols is 2. The van der Waals surface area contributed by atoms with Crippen molar-refractivity contribution in [3.63, 3.8) is 0 Å². The van der Waals surface area contributed by atoms with Gasteiger partial charge in [0.2, 0.25) is 0 Å². The molecule has 0 spiro atoms. The number of hydrogen-bond acceptors (Lipinski definition) is 13. The summed E-state index contributed by atoms with van der Waals surface area (Å²) in [5.74, 6) is -6.23. The Morgan fingerprint density at radius 1 is 0.708 bits per heavy atom. The van der Waals surface area contributed by atoms with Crippen LogP contribution in [0.15, 0.2) is 96.6 Å². The van der Waals surface area contributed by atoms with Crippen LogP contribution in [0.2, 0.25) is 0 Å². The summed E-state index contributed by atoms with van der Waals surface area (Å²) in [6.45, 7) is 2.97. The Labute approximate surface area is 367 Å². The summed E-state index contributed by atoms with van der Waals surface area (Å²) < 4.78 is 45.9. The number of hydrogen-bond donors (Lipinski definition) is 8. The molecule has 0 aromatic heterocycles. The molecule has 65 heavy (non-hydrogen) atoms. The highest BCUT2D eigenvalue weighted by molar-refractivity contribution is 6.10. The van der Waals surface area contributed by atoms with E-state index in [0.717, 1.165) is 13.2 Å². The third kappa shape index (κ3) is 10.5. The van der Waals surface area contributed by atoms with Crippen LogP contribution >= 0.6 is 0 Å². The number of ether oxygens (including phenoxy) is 4. The van der Waals surface area contributed by atoms with Crippen molar-refractivity contribution in [2.75, 3.05) is 42.0 Å². The predicted octanol–water partition coefficient (Wildman–Crippen LogP) is 6.48. The number of amides is 4. The van der Waals surface area contributed by atoms with Gasteiger partial charge in [0.15, 0.2) is 34.5 Å². The van der Waals surface area contributed by atoms with E-state index in [0.29, 0.717) is 23.2 Å². The summed E-state index contributed by atoms with van der Waals surface area (Å²) in [6, 6.07) is 20.8. The van der Waals surface area contributed by atoms with Crippen LogP contribution in [0.3, 0.4) is 0 Å². The standard InChI is InChI=1S/C45H39F2N5O13/c1-23(19-24-5-18-33-34(20-24)65-45(46,47)64-33)39(56)49-28-12-8-26(9-13-28)41(58)52-44(2,22-53)21-48-27-10-6-25(7-11-27)40(57)50-31-16-14-29(35(54)37(31)62-3)42(59)51-32-17-15-30(43(60)61)36(55)38(32)63-4/h5-20,22,48,54-55H,21H2,1-4H3,(H,49,56)(H,50,57)(H,51,59)(H,52,58)(H,60,61)/b23-19+. The largest absolute Gasteiger partial charge is 0.586 e. The van der Waals surface area contributed by atoms with Crippen LogP contribution in [0.5, 0.6) is 34.5 Å². The summed E-state index contributed by atoms with van der Waals surface area (Å²) in [7, 11) is 2.37. The van der Waals surface area contributed by atoms with E-state index in [9.17, 15) is 52.9 Å². The number of anilines is 4. The second kappa shape index (κ2) is 18.7. The first-order chi connectivity index (χ1) is 30.8. The number of benzene rings is 5. The zero-order chi connectivity index (χ0) is 47.2. The Morgan fingerprint density at radius 2 is 1.25 bits per heavy atom. The maximum atomic E-state index is 13.4. The molecule has 0 fully saturated rings. The number of aromatic carboxylic acids is 1. The summed E-state index contributed by atoms with van der Waals surface area (Å²) in [4.78, 5) is 75.9. The second-order valence-electron chi connectivity index (χ2n) is 14.5. The Kier molecular flexibility index (Phi) is 13.2. The maximum Gasteiger partial charge on any atom is 0.586 e. The number of alkyl halides is 2. The van der Waals surface area contributed by atoms with Crippen LogP contribution < -0.4 is 45.5 Å². The molecule has 0 aliphatic carbocycles. The van der Waals surface area contributed by atoms with Crippen LogP contribution in [0.1, 0.15) is 60.8 Å². The minimum atomic E-state index is -3.77. The van der Waals surface area contributed by atoms with Crippen molar-refractivity contribution in [3.8, 4) is 34.5 Å². The number of rotatable bonds is 16. The number of carboxylic acid groups (broad SMARTS) is 1. The average Bonchev–Trinajstić information content (AvgIpc) is 3.59. The van der Waals surface area contributed by atoms with Gasteiger partial charge in [-0.3, -0.25) is 19.2 Å². The molecule has 0 saturated carbocycles. The quantitative estimate of drug-likeness (QED) is 0.0390. The highest BCUT2D eigenvalue weighted by Crippen LogP contribution is 2.42. The fraction of sp³-hybridized carbons (Fsp3) is 0.156. The zero-order valence-electron chi connectivity index (χ0n) is 34.7. The number of halogens is 2. The molecule has 1 aliphatic heterocycles. The van der Waals surface area contributed by atoms with Crippen molar-refractivity contribution >= 4 is 64.7 Å². The minimum absolute atomic E-state index is 0.00735. The number of carbonyl (C=O) groups is 6. The molecule has 18 nitrogen and oxygen atoms in total. The van der Waals surface area contributed by atoms with E-state index in [2.05, 4.69) is 36.1 Å². The van der Waals surface area contributed by atoms with E-state index < -0.39 is 58.5 Å². The van der Waals surface area contributed by atoms with E-state index in [-0.39, 0.29) is 63.2 Å². The van der Waals surface area contributed by atoms with Crippen molar-refractivity contribution in [2.45, 2.75) is 25.7 Å². The first-order valence-electron chi connectivity index (χ1n) is 19.1. The molecule has 1 unspecified atom stereocenters. The van der Waals surface area contributed by atoms with Gasteiger partial charge in [0, 0.05) is 34.6 Å². The van der Waals surface area contributed by atoms with Gasteiger partial charge in [-0.1, -0.05) is 6.07 Å². The van der Waals surface area contributed by atoms with E-state index in [1.807, 2.05) is 0 Å². The average molecular weight is 896 g/mol. The SMILES string of the molecule is COc1c(NC(=O)c2ccc(NC(=O)c3ccc(NCC(C)(C=O)NC(=O)c4ccc(NC(=O)/C(C)=C/c5ccc6c(c5)OC(F)(F)O6)cc4)cc3)c(OC)c2O)ccc(C(=O)O)c1O. The molecule has 0 radical (unpaired) electrons. The summed E-state index contributed by atoms with van der Waals surface area (Å²) in [5.41, 5.74) is -0.365. The summed E-state index contributed by atoms with van der Waals surface area (Å²) in [5, 5.41) is 43.9. The number of fused-ring (bicyclic) bond motifs is 1.